The van der Waals surface area contributed by atoms with Crippen LogP contribution in [0.25, 0.3) is 0 Å². The van der Waals surface area contributed by atoms with Crippen LogP contribution < -0.4 is 10.1 Å². The van der Waals surface area contributed by atoms with Crippen LogP contribution in [0.2, 0.25) is 0 Å². The second-order valence-corrected chi connectivity index (χ2v) is 7.27. The normalized spacial score (nSPS) is 12.3. The van der Waals surface area contributed by atoms with E-state index < -0.39 is 6.10 Å². The first kappa shape index (κ1) is 17.6. The molecular weight excluding hydrogens is 306 g/mol. The highest BCUT2D eigenvalue weighted by Crippen LogP contribution is 2.17. The molecule has 0 amide bonds. The van der Waals surface area contributed by atoms with Gasteiger partial charge >= 0.3 is 0 Å². The van der Waals surface area contributed by atoms with Gasteiger partial charge < -0.3 is 15.2 Å². The van der Waals surface area contributed by atoms with E-state index in [1.54, 1.807) is 11.3 Å². The molecule has 0 spiro atoms. The minimum atomic E-state index is -0.562. The van der Waals surface area contributed by atoms with Crippen molar-refractivity contribution in [2.24, 2.45) is 0 Å². The fourth-order valence-corrected chi connectivity index (χ4v) is 2.41. The van der Waals surface area contributed by atoms with E-state index in [2.05, 4.69) is 37.9 Å². The maximum atomic E-state index is 10.0. The Bertz CT molecular complexity index is 663. The number of aliphatic hydroxyl groups excluding tert-OH is 1. The van der Waals surface area contributed by atoms with Gasteiger partial charge in [-0.15, -0.1) is 11.3 Å². The largest absolute Gasteiger partial charge is 0.490 e. The first-order valence-corrected chi connectivity index (χ1v) is 8.52. The van der Waals surface area contributed by atoms with Gasteiger partial charge in [-0.05, 0) is 44.4 Å². The molecule has 0 saturated carbocycles. The first-order chi connectivity index (χ1) is 10.9. The van der Waals surface area contributed by atoms with E-state index in [-0.39, 0.29) is 12.1 Å². The molecule has 4 heteroatoms. The van der Waals surface area contributed by atoms with E-state index in [9.17, 15) is 5.11 Å². The number of thiophene rings is 1. The molecule has 122 valence electrons. The molecule has 23 heavy (non-hydrogen) atoms. The van der Waals surface area contributed by atoms with Gasteiger partial charge in [0.1, 0.15) is 18.5 Å². The van der Waals surface area contributed by atoms with Gasteiger partial charge in [-0.1, -0.05) is 30.0 Å². The van der Waals surface area contributed by atoms with Crippen molar-refractivity contribution >= 4 is 11.3 Å². The van der Waals surface area contributed by atoms with Crippen molar-refractivity contribution in [3.63, 3.8) is 0 Å². The van der Waals surface area contributed by atoms with Crippen molar-refractivity contribution in [1.82, 2.24) is 5.32 Å². The predicted molar refractivity (Wildman–Crippen MR) is 96.0 cm³/mol. The van der Waals surface area contributed by atoms with Gasteiger partial charge in [0, 0.05) is 12.1 Å². The van der Waals surface area contributed by atoms with Crippen molar-refractivity contribution < 1.29 is 9.84 Å². The Morgan fingerprint density at radius 3 is 2.65 bits per heavy atom. The maximum Gasteiger partial charge on any atom is 0.135 e. The SMILES string of the molecule is CC(C)(C)NCC(O)COc1ccccc1C#Cc1cccs1. The van der Waals surface area contributed by atoms with Crippen LogP contribution in [0.15, 0.2) is 41.8 Å². The fraction of sp³-hybridized carbons (Fsp3) is 0.368. The van der Waals surface area contributed by atoms with Crippen LogP contribution in [0, 0.1) is 11.8 Å². The van der Waals surface area contributed by atoms with E-state index in [1.807, 2.05) is 41.8 Å². The summed E-state index contributed by atoms with van der Waals surface area (Å²) in [4.78, 5) is 1.02. The number of ether oxygens (including phenoxy) is 1. The summed E-state index contributed by atoms with van der Waals surface area (Å²) in [6.45, 7) is 6.93. The summed E-state index contributed by atoms with van der Waals surface area (Å²) in [5.41, 5.74) is 0.808. The van der Waals surface area contributed by atoms with Crippen LogP contribution >= 0.6 is 11.3 Å². The molecule has 0 fully saturated rings. The standard InChI is InChI=1S/C19H23NO2S/c1-19(2,3)20-13-16(21)14-22-18-9-5-4-7-15(18)10-11-17-8-6-12-23-17/h4-9,12,16,20-21H,13-14H2,1-3H3. The van der Waals surface area contributed by atoms with Gasteiger partial charge in [0.05, 0.1) is 10.4 Å². The lowest BCUT2D eigenvalue weighted by Gasteiger charge is -2.23. The quantitative estimate of drug-likeness (QED) is 0.827. The third kappa shape index (κ3) is 6.45. The third-order valence-corrected chi connectivity index (χ3v) is 3.81. The molecule has 1 unspecified atom stereocenters. The Labute approximate surface area is 142 Å². The summed E-state index contributed by atoms with van der Waals surface area (Å²) in [7, 11) is 0. The van der Waals surface area contributed by atoms with E-state index >= 15 is 0 Å². The van der Waals surface area contributed by atoms with E-state index in [0.29, 0.717) is 12.3 Å². The molecule has 2 rings (SSSR count). The number of aliphatic hydroxyl groups is 1. The average molecular weight is 329 g/mol. The van der Waals surface area contributed by atoms with Crippen LogP contribution in [0.1, 0.15) is 31.2 Å². The topological polar surface area (TPSA) is 41.5 Å². The van der Waals surface area contributed by atoms with Crippen LogP contribution in [-0.2, 0) is 0 Å². The molecular formula is C19H23NO2S. The Morgan fingerprint density at radius 1 is 1.17 bits per heavy atom. The smallest absolute Gasteiger partial charge is 0.135 e. The zero-order valence-corrected chi connectivity index (χ0v) is 14.6. The second kappa shape index (κ2) is 8.16. The lowest BCUT2D eigenvalue weighted by molar-refractivity contribution is 0.0999. The van der Waals surface area contributed by atoms with Gasteiger partial charge in [-0.25, -0.2) is 0 Å². The predicted octanol–water partition coefficient (Wildman–Crippen LogP) is 3.28. The summed E-state index contributed by atoms with van der Waals surface area (Å²) >= 11 is 1.61. The second-order valence-electron chi connectivity index (χ2n) is 6.32. The Balaban J connectivity index is 1.95. The Kier molecular flexibility index (Phi) is 6.23. The highest BCUT2D eigenvalue weighted by Gasteiger charge is 2.13. The Morgan fingerprint density at radius 2 is 1.96 bits per heavy atom. The lowest BCUT2D eigenvalue weighted by Crippen LogP contribution is -2.42. The molecule has 2 N–H and O–H groups in total. The summed E-state index contributed by atoms with van der Waals surface area (Å²) in [6, 6.07) is 11.6. The number of para-hydroxylation sites is 1. The van der Waals surface area contributed by atoms with Gasteiger partial charge in [0.2, 0.25) is 0 Å². The summed E-state index contributed by atoms with van der Waals surface area (Å²) in [6.07, 6.45) is -0.562. The molecule has 3 nitrogen and oxygen atoms in total. The number of nitrogens with one attached hydrogen (secondary N) is 1. The molecule has 0 aliphatic rings. The van der Waals surface area contributed by atoms with Crippen LogP contribution in [0.3, 0.4) is 0 Å². The molecule has 1 atom stereocenters. The van der Waals surface area contributed by atoms with Crippen molar-refractivity contribution in [1.29, 1.82) is 0 Å². The molecule has 0 radical (unpaired) electrons. The Hall–Kier alpha value is -1.80. The third-order valence-electron chi connectivity index (χ3n) is 3.03. The van der Waals surface area contributed by atoms with Crippen molar-refractivity contribution in [2.75, 3.05) is 13.2 Å². The minimum absolute atomic E-state index is 0.0227. The lowest BCUT2D eigenvalue weighted by atomic mass is 10.1. The highest BCUT2D eigenvalue weighted by atomic mass is 32.1. The van der Waals surface area contributed by atoms with Crippen LogP contribution in [0.4, 0.5) is 0 Å². The molecule has 0 aliphatic heterocycles. The van der Waals surface area contributed by atoms with Gasteiger partial charge in [-0.2, -0.15) is 0 Å². The number of hydrogen-bond donors (Lipinski definition) is 2. The summed E-state index contributed by atoms with van der Waals surface area (Å²) in [5.74, 6) is 6.96. The molecule has 1 aromatic carbocycles. The zero-order chi connectivity index (χ0) is 16.7. The molecule has 1 aromatic heterocycles. The summed E-state index contributed by atoms with van der Waals surface area (Å²) in [5, 5.41) is 15.3. The number of β-amino-alcohol motifs (C(OH)–C–C–N with tert-alkyl or cyclic N) is 1. The van der Waals surface area contributed by atoms with Crippen LogP contribution in [0.5, 0.6) is 5.75 Å². The molecule has 0 bridgehead atoms. The highest BCUT2D eigenvalue weighted by molar-refractivity contribution is 7.10. The van der Waals surface area contributed by atoms with E-state index in [1.165, 1.54) is 0 Å². The monoisotopic (exact) mass is 329 g/mol. The zero-order valence-electron chi connectivity index (χ0n) is 13.8. The molecule has 0 aliphatic carbocycles. The van der Waals surface area contributed by atoms with E-state index in [4.69, 9.17) is 4.74 Å². The van der Waals surface area contributed by atoms with Crippen molar-refractivity contribution in [2.45, 2.75) is 32.4 Å². The number of rotatable bonds is 5. The molecule has 2 aromatic rings. The fourth-order valence-electron chi connectivity index (χ4n) is 1.84. The molecule has 1 heterocycles. The first-order valence-electron chi connectivity index (χ1n) is 7.64. The van der Waals surface area contributed by atoms with Gasteiger partial charge in [0.15, 0.2) is 0 Å². The average Bonchev–Trinajstić information content (AvgIpc) is 3.02. The van der Waals surface area contributed by atoms with Gasteiger partial charge in [-0.3, -0.25) is 0 Å². The van der Waals surface area contributed by atoms with Crippen molar-refractivity contribution in [3.05, 3.63) is 52.2 Å². The number of benzene rings is 1. The van der Waals surface area contributed by atoms with E-state index in [0.717, 1.165) is 10.4 Å². The van der Waals surface area contributed by atoms with Crippen molar-refractivity contribution in [3.8, 4) is 17.6 Å². The van der Waals surface area contributed by atoms with Crippen LogP contribution in [-0.4, -0.2) is 29.9 Å². The minimum Gasteiger partial charge on any atom is -0.490 e. The summed E-state index contributed by atoms with van der Waals surface area (Å²) < 4.78 is 5.74. The number of hydrogen-bond acceptors (Lipinski definition) is 4. The van der Waals surface area contributed by atoms with Gasteiger partial charge in [0.25, 0.3) is 0 Å². The maximum absolute atomic E-state index is 10.0. The molecule has 0 saturated heterocycles.